The molecule has 0 aliphatic rings. The summed E-state index contributed by atoms with van der Waals surface area (Å²) in [6, 6.07) is 5.27. The first-order chi connectivity index (χ1) is 9.27. The number of pyridine rings is 1. The van der Waals surface area contributed by atoms with E-state index in [9.17, 15) is 17.6 Å². The van der Waals surface area contributed by atoms with E-state index >= 15 is 0 Å². The fraction of sp³-hybridized carbons (Fsp3) is 0.0833. The number of anilines is 2. The maximum absolute atomic E-state index is 13.5. The second-order valence-electron chi connectivity index (χ2n) is 3.78. The lowest BCUT2D eigenvalue weighted by Crippen LogP contribution is -2.07. The zero-order valence-electron chi connectivity index (χ0n) is 9.60. The van der Waals surface area contributed by atoms with Crippen LogP contribution in [0.15, 0.2) is 30.3 Å². The lowest BCUT2D eigenvalue weighted by atomic mass is 10.2. The van der Waals surface area contributed by atoms with Crippen molar-refractivity contribution in [1.82, 2.24) is 4.98 Å². The highest BCUT2D eigenvalue weighted by Gasteiger charge is 2.31. The second-order valence-corrected chi connectivity index (χ2v) is 4.58. The number of para-hydroxylation sites is 1. The van der Waals surface area contributed by atoms with Crippen molar-refractivity contribution in [3.8, 4) is 0 Å². The molecule has 8 heteroatoms. The normalized spacial score (nSPS) is 11.5. The fourth-order valence-electron chi connectivity index (χ4n) is 1.47. The zero-order valence-corrected chi connectivity index (χ0v) is 11.1. The van der Waals surface area contributed by atoms with Crippen molar-refractivity contribution < 1.29 is 17.6 Å². The number of hydrogen-bond donors (Lipinski definition) is 1. The van der Waals surface area contributed by atoms with Crippen molar-refractivity contribution >= 4 is 34.7 Å². The number of rotatable bonds is 2. The van der Waals surface area contributed by atoms with E-state index in [-0.39, 0.29) is 21.7 Å². The van der Waals surface area contributed by atoms with Gasteiger partial charge in [-0.25, -0.2) is 9.37 Å². The summed E-state index contributed by atoms with van der Waals surface area (Å²) >= 11 is 11.3. The second kappa shape index (κ2) is 5.46. The zero-order chi connectivity index (χ0) is 14.9. The Morgan fingerprint density at radius 3 is 2.40 bits per heavy atom. The van der Waals surface area contributed by atoms with Gasteiger partial charge in [0.2, 0.25) is 0 Å². The average molecular weight is 325 g/mol. The van der Waals surface area contributed by atoms with Crippen molar-refractivity contribution in [1.29, 1.82) is 0 Å². The quantitative estimate of drug-likeness (QED) is 0.599. The lowest BCUT2D eigenvalue weighted by Gasteiger charge is -2.12. The molecule has 0 radical (unpaired) electrons. The van der Waals surface area contributed by atoms with Crippen LogP contribution in [0.3, 0.4) is 0 Å². The van der Waals surface area contributed by atoms with Crippen LogP contribution in [0, 0.1) is 5.82 Å². The molecule has 0 aliphatic heterocycles. The predicted octanol–water partition coefficient (Wildman–Crippen LogP) is 5.29. The molecule has 2 rings (SSSR count). The third-order valence-corrected chi connectivity index (χ3v) is 2.85. The molecule has 0 spiro atoms. The van der Waals surface area contributed by atoms with Gasteiger partial charge in [0.15, 0.2) is 0 Å². The van der Waals surface area contributed by atoms with Gasteiger partial charge in [-0.3, -0.25) is 0 Å². The van der Waals surface area contributed by atoms with E-state index in [1.165, 1.54) is 12.1 Å². The van der Waals surface area contributed by atoms with Crippen LogP contribution in [-0.2, 0) is 6.18 Å². The largest absolute Gasteiger partial charge is 0.416 e. The van der Waals surface area contributed by atoms with E-state index in [4.69, 9.17) is 23.2 Å². The maximum atomic E-state index is 13.5. The van der Waals surface area contributed by atoms with Crippen molar-refractivity contribution in [3.05, 3.63) is 51.9 Å². The molecule has 20 heavy (non-hydrogen) atoms. The Morgan fingerprint density at radius 2 is 1.80 bits per heavy atom. The monoisotopic (exact) mass is 324 g/mol. The van der Waals surface area contributed by atoms with Gasteiger partial charge >= 0.3 is 6.18 Å². The minimum atomic E-state index is -4.58. The van der Waals surface area contributed by atoms with E-state index < -0.39 is 17.6 Å². The van der Waals surface area contributed by atoms with Crippen LogP contribution in [0.1, 0.15) is 5.56 Å². The minimum Gasteiger partial charge on any atom is -0.337 e. The first-order valence-corrected chi connectivity index (χ1v) is 5.99. The summed E-state index contributed by atoms with van der Waals surface area (Å²) in [5.74, 6) is -0.968. The Bertz CT molecular complexity index is 624. The molecule has 1 heterocycles. The number of nitrogens with one attached hydrogen (secondary N) is 1. The highest BCUT2D eigenvalue weighted by molar-refractivity contribution is 6.33. The molecule has 0 saturated heterocycles. The van der Waals surface area contributed by atoms with Gasteiger partial charge in [-0.15, -0.1) is 0 Å². The number of hydrogen-bond acceptors (Lipinski definition) is 2. The molecule has 1 N–H and O–H groups in total. The predicted molar refractivity (Wildman–Crippen MR) is 68.9 cm³/mol. The summed E-state index contributed by atoms with van der Waals surface area (Å²) in [4.78, 5) is 3.65. The molecule has 106 valence electrons. The first-order valence-electron chi connectivity index (χ1n) is 5.23. The van der Waals surface area contributed by atoms with E-state index in [0.717, 1.165) is 6.07 Å². The Kier molecular flexibility index (Phi) is 4.06. The Labute approximate surface area is 121 Å². The molecule has 0 saturated carbocycles. The standard InChI is InChI=1S/C12H6Cl2F4N2/c13-7-2-1-3-8(15)11(7)20-10-5-6(12(16,17)18)4-9(14)19-10/h1-5H,(H,19,20). The van der Waals surface area contributed by atoms with Crippen molar-refractivity contribution in [2.24, 2.45) is 0 Å². The average Bonchev–Trinajstić information content (AvgIpc) is 2.32. The molecule has 2 aromatic rings. The molecule has 1 aromatic carbocycles. The molecule has 0 atom stereocenters. The van der Waals surface area contributed by atoms with Crippen LogP contribution >= 0.6 is 23.2 Å². The summed E-state index contributed by atoms with van der Waals surface area (Å²) in [5.41, 5.74) is -1.16. The van der Waals surface area contributed by atoms with Crippen LogP contribution in [0.2, 0.25) is 10.2 Å². The molecule has 2 nitrogen and oxygen atoms in total. The Morgan fingerprint density at radius 1 is 1.10 bits per heavy atom. The summed E-state index contributed by atoms with van der Waals surface area (Å²) in [7, 11) is 0. The number of benzene rings is 1. The molecule has 0 unspecified atom stereocenters. The summed E-state index contributed by atoms with van der Waals surface area (Å²) in [6.45, 7) is 0. The van der Waals surface area contributed by atoms with E-state index in [2.05, 4.69) is 10.3 Å². The highest BCUT2D eigenvalue weighted by atomic mass is 35.5. The first kappa shape index (κ1) is 14.9. The summed E-state index contributed by atoms with van der Waals surface area (Å²) in [5, 5.41) is 2.04. The van der Waals surface area contributed by atoms with Gasteiger partial charge in [0.1, 0.15) is 16.8 Å². The molecular formula is C12H6Cl2F4N2. The van der Waals surface area contributed by atoms with Gasteiger partial charge in [0.25, 0.3) is 0 Å². The molecular weight excluding hydrogens is 319 g/mol. The van der Waals surface area contributed by atoms with Gasteiger partial charge in [-0.2, -0.15) is 13.2 Å². The van der Waals surface area contributed by atoms with E-state index in [1.54, 1.807) is 0 Å². The number of alkyl halides is 3. The van der Waals surface area contributed by atoms with E-state index in [1.807, 2.05) is 0 Å². The summed E-state index contributed by atoms with van der Waals surface area (Å²) < 4.78 is 51.4. The third-order valence-electron chi connectivity index (χ3n) is 2.34. The van der Waals surface area contributed by atoms with Gasteiger partial charge in [-0.05, 0) is 24.3 Å². The topological polar surface area (TPSA) is 24.9 Å². The van der Waals surface area contributed by atoms with Crippen LogP contribution in [0.25, 0.3) is 0 Å². The van der Waals surface area contributed by atoms with Crippen LogP contribution < -0.4 is 5.32 Å². The third kappa shape index (κ3) is 3.32. The van der Waals surface area contributed by atoms with Gasteiger partial charge in [-0.1, -0.05) is 29.3 Å². The van der Waals surface area contributed by atoms with Crippen LogP contribution in [0.4, 0.5) is 29.1 Å². The van der Waals surface area contributed by atoms with Crippen molar-refractivity contribution in [2.45, 2.75) is 6.18 Å². The van der Waals surface area contributed by atoms with Crippen LogP contribution in [0.5, 0.6) is 0 Å². The number of aromatic nitrogens is 1. The SMILES string of the molecule is Fc1cccc(Cl)c1Nc1cc(C(F)(F)F)cc(Cl)n1. The molecule has 1 aromatic heterocycles. The molecule has 0 bridgehead atoms. The van der Waals surface area contributed by atoms with Gasteiger partial charge < -0.3 is 5.32 Å². The highest BCUT2D eigenvalue weighted by Crippen LogP contribution is 2.34. The van der Waals surface area contributed by atoms with Gasteiger partial charge in [0.05, 0.1) is 16.3 Å². The molecule has 0 aliphatic carbocycles. The van der Waals surface area contributed by atoms with Crippen molar-refractivity contribution in [3.63, 3.8) is 0 Å². The minimum absolute atomic E-state index is 0.0142. The Balaban J connectivity index is 2.42. The molecule has 0 fully saturated rings. The molecule has 0 amide bonds. The number of nitrogens with zero attached hydrogens (tertiary/aromatic N) is 1. The lowest BCUT2D eigenvalue weighted by molar-refractivity contribution is -0.137. The van der Waals surface area contributed by atoms with Crippen LogP contribution in [-0.4, -0.2) is 4.98 Å². The smallest absolute Gasteiger partial charge is 0.337 e. The van der Waals surface area contributed by atoms with Gasteiger partial charge in [0, 0.05) is 0 Å². The Hall–Kier alpha value is -1.53. The fourth-order valence-corrected chi connectivity index (χ4v) is 1.89. The number of halogens is 6. The summed E-state index contributed by atoms with van der Waals surface area (Å²) in [6.07, 6.45) is -4.58. The van der Waals surface area contributed by atoms with Crippen molar-refractivity contribution in [2.75, 3.05) is 5.32 Å². The maximum Gasteiger partial charge on any atom is 0.416 e. The van der Waals surface area contributed by atoms with E-state index in [0.29, 0.717) is 12.1 Å².